The molecule has 0 aromatic carbocycles. The molecule has 1 amide bonds. The SMILES string of the molecule is NC(=O)CCSc1nc2c(=O)[nH]c(N)nc2n1[C@@H]1OC2COP(=O)([O-])O[C@H]2C1O. The van der Waals surface area contributed by atoms with Crippen LogP contribution in [0.2, 0.25) is 0 Å². The highest BCUT2D eigenvalue weighted by molar-refractivity contribution is 7.99. The molecule has 0 radical (unpaired) electrons. The summed E-state index contributed by atoms with van der Waals surface area (Å²) in [4.78, 5) is 45.4. The summed E-state index contributed by atoms with van der Waals surface area (Å²) < 4.78 is 28.1. The van der Waals surface area contributed by atoms with Crippen molar-refractivity contribution in [1.82, 2.24) is 19.5 Å². The van der Waals surface area contributed by atoms with Gasteiger partial charge in [0.05, 0.1) is 6.61 Å². The second-order valence-electron chi connectivity index (χ2n) is 6.32. The van der Waals surface area contributed by atoms with Crippen molar-refractivity contribution in [1.29, 1.82) is 0 Å². The van der Waals surface area contributed by atoms with Gasteiger partial charge in [0.2, 0.25) is 11.9 Å². The third-order valence-electron chi connectivity index (χ3n) is 4.33. The molecule has 2 aliphatic heterocycles. The minimum absolute atomic E-state index is 0.0155. The lowest BCUT2D eigenvalue weighted by atomic mass is 10.1. The molecule has 6 N–H and O–H groups in total. The summed E-state index contributed by atoms with van der Waals surface area (Å²) >= 11 is 1.08. The van der Waals surface area contributed by atoms with E-state index in [-0.39, 0.29) is 41.0 Å². The fourth-order valence-electron chi connectivity index (χ4n) is 3.10. The normalized spacial score (nSPS) is 31.8. The van der Waals surface area contributed by atoms with E-state index >= 15 is 0 Å². The molecule has 2 aromatic rings. The lowest BCUT2D eigenvalue weighted by molar-refractivity contribution is -0.245. The first-order valence-corrected chi connectivity index (χ1v) is 10.8. The lowest BCUT2D eigenvalue weighted by Gasteiger charge is -2.34. The van der Waals surface area contributed by atoms with Gasteiger partial charge in [-0.1, -0.05) is 11.8 Å². The largest absolute Gasteiger partial charge is 0.756 e. The van der Waals surface area contributed by atoms with Crippen molar-refractivity contribution in [3.05, 3.63) is 10.4 Å². The number of rotatable bonds is 5. The Kier molecular flexibility index (Phi) is 5.14. The molecule has 2 saturated heterocycles. The Morgan fingerprint density at radius 1 is 1.48 bits per heavy atom. The monoisotopic (exact) mass is 447 g/mol. The number of nitrogens with zero attached hydrogens (tertiary/aromatic N) is 3. The van der Waals surface area contributed by atoms with Crippen molar-refractivity contribution in [3.63, 3.8) is 0 Å². The smallest absolute Gasteiger partial charge is 0.280 e. The Labute approximate surface area is 166 Å². The number of nitrogen functional groups attached to an aromatic ring is 1. The van der Waals surface area contributed by atoms with Gasteiger partial charge in [-0.05, 0) is 0 Å². The molecular weight excluding hydrogens is 431 g/mol. The third kappa shape index (κ3) is 3.77. The Morgan fingerprint density at radius 2 is 2.24 bits per heavy atom. The van der Waals surface area contributed by atoms with Crippen LogP contribution in [0.15, 0.2) is 9.95 Å². The number of nitrogens with one attached hydrogen (secondary N) is 1. The molecule has 0 bridgehead atoms. The van der Waals surface area contributed by atoms with E-state index in [9.17, 15) is 24.2 Å². The van der Waals surface area contributed by atoms with E-state index in [1.807, 2.05) is 0 Å². The van der Waals surface area contributed by atoms with Crippen LogP contribution in [0.1, 0.15) is 12.6 Å². The van der Waals surface area contributed by atoms with Gasteiger partial charge in [-0.3, -0.25) is 23.7 Å². The summed E-state index contributed by atoms with van der Waals surface area (Å²) in [6.07, 6.45) is -4.69. The number of aliphatic hydroxyl groups is 1. The van der Waals surface area contributed by atoms with E-state index in [0.717, 1.165) is 11.8 Å². The predicted octanol–water partition coefficient (Wildman–Crippen LogP) is -2.19. The number of phosphoric acid groups is 1. The number of phosphoric ester groups is 1. The number of anilines is 1. The molecule has 29 heavy (non-hydrogen) atoms. The minimum Gasteiger partial charge on any atom is -0.756 e. The van der Waals surface area contributed by atoms with Crippen molar-refractivity contribution in [3.8, 4) is 0 Å². The van der Waals surface area contributed by atoms with Gasteiger partial charge in [0.1, 0.15) is 18.3 Å². The van der Waals surface area contributed by atoms with Crippen LogP contribution >= 0.6 is 19.6 Å². The number of carbonyl (C=O) groups excluding carboxylic acids is 1. The first-order valence-electron chi connectivity index (χ1n) is 8.32. The van der Waals surface area contributed by atoms with E-state index < -0.39 is 43.8 Å². The molecule has 0 spiro atoms. The second-order valence-corrected chi connectivity index (χ2v) is 8.75. The number of hydrogen-bond donors (Lipinski definition) is 4. The maximum atomic E-state index is 12.2. The van der Waals surface area contributed by atoms with Crippen LogP contribution in [0.25, 0.3) is 11.2 Å². The Hall–Kier alpha value is -2.00. The first kappa shape index (κ1) is 20.3. The topological polar surface area (TPSA) is 221 Å². The molecule has 4 heterocycles. The Balaban J connectivity index is 1.76. The highest BCUT2D eigenvalue weighted by Gasteiger charge is 2.51. The minimum atomic E-state index is -4.56. The Bertz CT molecular complexity index is 1070. The summed E-state index contributed by atoms with van der Waals surface area (Å²) in [5.74, 6) is -0.483. The van der Waals surface area contributed by atoms with E-state index in [1.54, 1.807) is 0 Å². The molecule has 0 aliphatic carbocycles. The zero-order valence-electron chi connectivity index (χ0n) is 14.6. The van der Waals surface area contributed by atoms with Crippen LogP contribution in [0.4, 0.5) is 5.95 Å². The van der Waals surface area contributed by atoms with Gasteiger partial charge in [0, 0.05) is 12.2 Å². The van der Waals surface area contributed by atoms with E-state index in [1.165, 1.54) is 4.57 Å². The number of aliphatic hydroxyl groups excluding tert-OH is 1. The van der Waals surface area contributed by atoms with Crippen molar-refractivity contribution in [2.45, 2.75) is 36.1 Å². The molecular formula is C13H16N6O8PS-. The van der Waals surface area contributed by atoms with Crippen molar-refractivity contribution < 1.29 is 33.1 Å². The van der Waals surface area contributed by atoms with Gasteiger partial charge >= 0.3 is 0 Å². The second kappa shape index (κ2) is 7.36. The van der Waals surface area contributed by atoms with Crippen LogP contribution in [-0.4, -0.2) is 61.2 Å². The number of primary amides is 1. The summed E-state index contributed by atoms with van der Waals surface area (Å²) in [5, 5.41) is 10.9. The van der Waals surface area contributed by atoms with Crippen LogP contribution in [0.3, 0.4) is 0 Å². The average Bonchev–Trinajstić information content (AvgIpc) is 3.12. The molecule has 14 nitrogen and oxygen atoms in total. The summed E-state index contributed by atoms with van der Waals surface area (Å²) in [5.41, 5.74) is 10.1. The summed E-state index contributed by atoms with van der Waals surface area (Å²) in [6.45, 7) is -0.341. The number of aromatic amines is 1. The van der Waals surface area contributed by atoms with E-state index in [4.69, 9.17) is 20.7 Å². The van der Waals surface area contributed by atoms with Crippen molar-refractivity contribution in [2.75, 3.05) is 18.1 Å². The molecule has 2 fully saturated rings. The number of amides is 1. The van der Waals surface area contributed by atoms with Crippen molar-refractivity contribution in [2.24, 2.45) is 5.73 Å². The third-order valence-corrected chi connectivity index (χ3v) is 6.25. The average molecular weight is 447 g/mol. The number of imidazole rings is 1. The van der Waals surface area contributed by atoms with Crippen LogP contribution in [0.5, 0.6) is 0 Å². The van der Waals surface area contributed by atoms with Crippen LogP contribution < -0.4 is 21.9 Å². The van der Waals surface area contributed by atoms with Gasteiger partial charge in [0.15, 0.2) is 22.5 Å². The zero-order valence-corrected chi connectivity index (χ0v) is 16.3. The number of carbonyl (C=O) groups is 1. The molecule has 0 saturated carbocycles. The van der Waals surface area contributed by atoms with Crippen molar-refractivity contribution >= 4 is 42.6 Å². The first-order chi connectivity index (χ1) is 13.7. The van der Waals surface area contributed by atoms with E-state index in [2.05, 4.69) is 19.5 Å². The Morgan fingerprint density at radius 3 is 2.97 bits per heavy atom. The highest BCUT2D eigenvalue weighted by Crippen LogP contribution is 2.50. The zero-order chi connectivity index (χ0) is 20.9. The molecule has 16 heteroatoms. The fraction of sp³-hybridized carbons (Fsp3) is 0.538. The lowest BCUT2D eigenvalue weighted by Crippen LogP contribution is -2.41. The number of hydrogen-bond acceptors (Lipinski definition) is 12. The van der Waals surface area contributed by atoms with Gasteiger partial charge < -0.3 is 35.3 Å². The van der Waals surface area contributed by atoms with E-state index in [0.29, 0.717) is 0 Å². The number of nitrogens with two attached hydrogens (primary N) is 2. The summed E-state index contributed by atoms with van der Waals surface area (Å²) in [7, 11) is -4.56. The molecule has 2 aromatic heterocycles. The van der Waals surface area contributed by atoms with Gasteiger partial charge in [-0.15, -0.1) is 0 Å². The molecule has 5 atom stereocenters. The fourth-order valence-corrected chi connectivity index (χ4v) is 5.02. The number of aromatic nitrogens is 4. The molecule has 158 valence electrons. The maximum Gasteiger partial charge on any atom is 0.280 e. The van der Waals surface area contributed by atoms with Gasteiger partial charge in [0.25, 0.3) is 13.4 Å². The standard InChI is InChI=1S/C13H17N6O8PS/c14-5(20)1-2-29-13-16-6-9(17-12(15)18-10(6)22)19(13)11-7(21)8-4(26-11)3-25-28(23,24)27-8/h4,7-8,11,21H,1-3H2,(H2,14,20)(H,23,24)(H3,15,17,18,22)/p-1/t4?,7?,8-,11-/m1/s1. The van der Waals surface area contributed by atoms with Crippen LogP contribution in [-0.2, 0) is 23.1 Å². The maximum absolute atomic E-state index is 12.2. The molecule has 2 aliphatic rings. The van der Waals surface area contributed by atoms with Gasteiger partial charge in [-0.2, -0.15) is 4.98 Å². The number of thioether (sulfide) groups is 1. The summed E-state index contributed by atoms with van der Waals surface area (Å²) in [6, 6.07) is 0. The van der Waals surface area contributed by atoms with Gasteiger partial charge in [-0.25, -0.2) is 4.98 Å². The number of ether oxygens (including phenoxy) is 1. The number of H-pyrrole nitrogens is 1. The van der Waals surface area contributed by atoms with Crippen LogP contribution in [0, 0.1) is 0 Å². The predicted molar refractivity (Wildman–Crippen MR) is 95.4 cm³/mol. The molecule has 3 unspecified atom stereocenters. The highest BCUT2D eigenvalue weighted by atomic mass is 32.2. The number of fused-ring (bicyclic) bond motifs is 2. The molecule has 4 rings (SSSR count). The quantitative estimate of drug-likeness (QED) is 0.283.